The molecule has 1 N–H and O–H groups in total. The van der Waals surface area contributed by atoms with E-state index in [1.165, 1.54) is 11.8 Å². The highest BCUT2D eigenvalue weighted by Gasteiger charge is 2.25. The van der Waals surface area contributed by atoms with Crippen LogP contribution in [0.15, 0.2) is 42.6 Å². The van der Waals surface area contributed by atoms with Crippen LogP contribution in [0.25, 0.3) is 0 Å². The first-order valence-electron chi connectivity index (χ1n) is 8.63. The zero-order valence-electron chi connectivity index (χ0n) is 15.0. The van der Waals surface area contributed by atoms with Crippen LogP contribution in [0.2, 0.25) is 0 Å². The highest BCUT2D eigenvalue weighted by atomic mass is 32.2. The predicted octanol–water partition coefficient (Wildman–Crippen LogP) is 2.52. The van der Waals surface area contributed by atoms with Gasteiger partial charge in [-0.1, -0.05) is 18.2 Å². The standard InChI is InChI=1S/C19H23N3O3S/c1-14(10-12-26(2,24)25)21-18-8-7-16(13-20-18)19(23)22-11-9-15-5-3-4-6-17(15)22/h3-8,13-14H,9-12H2,1-2H3,(H,20,21). The molecule has 0 saturated heterocycles. The minimum Gasteiger partial charge on any atom is -0.368 e. The number of anilines is 2. The molecule has 1 aliphatic rings. The summed E-state index contributed by atoms with van der Waals surface area (Å²) in [5.41, 5.74) is 2.69. The Kier molecular flexibility index (Phi) is 5.27. The average Bonchev–Trinajstić information content (AvgIpc) is 3.03. The van der Waals surface area contributed by atoms with Gasteiger partial charge in [-0.05, 0) is 43.5 Å². The maximum Gasteiger partial charge on any atom is 0.259 e. The number of carbonyl (C=O) groups excluding carboxylic acids is 1. The normalized spacial score (nSPS) is 14.8. The smallest absolute Gasteiger partial charge is 0.259 e. The summed E-state index contributed by atoms with van der Waals surface area (Å²) in [6.45, 7) is 2.59. The van der Waals surface area contributed by atoms with E-state index in [0.717, 1.165) is 12.1 Å². The van der Waals surface area contributed by atoms with Gasteiger partial charge in [0.15, 0.2) is 0 Å². The topological polar surface area (TPSA) is 79.4 Å². The molecule has 0 bridgehead atoms. The summed E-state index contributed by atoms with van der Waals surface area (Å²) in [6.07, 6.45) is 4.17. The molecular formula is C19H23N3O3S. The van der Waals surface area contributed by atoms with Gasteiger partial charge in [0.25, 0.3) is 5.91 Å². The minimum atomic E-state index is -2.97. The molecule has 138 valence electrons. The van der Waals surface area contributed by atoms with Crippen molar-refractivity contribution < 1.29 is 13.2 Å². The molecule has 1 aliphatic heterocycles. The molecule has 0 radical (unpaired) electrons. The highest BCUT2D eigenvalue weighted by Crippen LogP contribution is 2.28. The van der Waals surface area contributed by atoms with E-state index >= 15 is 0 Å². The molecule has 2 aromatic rings. The van der Waals surface area contributed by atoms with Gasteiger partial charge in [-0.15, -0.1) is 0 Å². The number of pyridine rings is 1. The van der Waals surface area contributed by atoms with Crippen molar-refractivity contribution in [2.45, 2.75) is 25.8 Å². The number of benzene rings is 1. The Labute approximate surface area is 154 Å². The first-order valence-corrected chi connectivity index (χ1v) is 10.7. The van der Waals surface area contributed by atoms with Crippen LogP contribution in [0.4, 0.5) is 11.5 Å². The van der Waals surface area contributed by atoms with E-state index < -0.39 is 9.84 Å². The average molecular weight is 373 g/mol. The summed E-state index contributed by atoms with van der Waals surface area (Å²) in [6, 6.07) is 11.4. The quantitative estimate of drug-likeness (QED) is 0.842. The Hall–Kier alpha value is -2.41. The van der Waals surface area contributed by atoms with Crippen LogP contribution in [-0.4, -0.2) is 43.9 Å². The van der Waals surface area contributed by atoms with Crippen LogP contribution in [0.5, 0.6) is 0 Å². The first-order chi connectivity index (χ1) is 12.3. The molecule has 0 aliphatic carbocycles. The third kappa shape index (κ3) is 4.40. The van der Waals surface area contributed by atoms with E-state index in [1.54, 1.807) is 23.2 Å². The van der Waals surface area contributed by atoms with Gasteiger partial charge < -0.3 is 10.2 Å². The van der Waals surface area contributed by atoms with E-state index in [4.69, 9.17) is 0 Å². The zero-order valence-corrected chi connectivity index (χ0v) is 15.8. The number of hydrogen-bond donors (Lipinski definition) is 1. The van der Waals surface area contributed by atoms with Gasteiger partial charge in [-0.2, -0.15) is 0 Å². The fourth-order valence-electron chi connectivity index (χ4n) is 3.03. The van der Waals surface area contributed by atoms with Crippen LogP contribution < -0.4 is 10.2 Å². The molecule has 0 fully saturated rings. The molecule has 3 rings (SSSR count). The van der Waals surface area contributed by atoms with Crippen molar-refractivity contribution >= 4 is 27.2 Å². The van der Waals surface area contributed by atoms with E-state index in [9.17, 15) is 13.2 Å². The number of carbonyl (C=O) groups is 1. The fraction of sp³-hybridized carbons (Fsp3) is 0.368. The van der Waals surface area contributed by atoms with Crippen molar-refractivity contribution in [2.24, 2.45) is 0 Å². The van der Waals surface area contributed by atoms with Crippen LogP contribution in [-0.2, 0) is 16.3 Å². The maximum atomic E-state index is 12.8. The number of rotatable bonds is 6. The molecule has 6 nitrogen and oxygen atoms in total. The number of para-hydroxylation sites is 1. The summed E-state index contributed by atoms with van der Waals surface area (Å²) in [5.74, 6) is 0.704. The monoisotopic (exact) mass is 373 g/mol. The predicted molar refractivity (Wildman–Crippen MR) is 103 cm³/mol. The van der Waals surface area contributed by atoms with Crippen LogP contribution in [0.1, 0.15) is 29.3 Å². The molecule has 1 unspecified atom stereocenters. The fourth-order valence-corrected chi connectivity index (χ4v) is 3.81. The molecule has 1 aromatic heterocycles. The first kappa shape index (κ1) is 18.4. The largest absolute Gasteiger partial charge is 0.368 e. The SMILES string of the molecule is CC(CCS(C)(=O)=O)Nc1ccc(C(=O)N2CCc3ccccc32)cn1. The molecular weight excluding hydrogens is 350 g/mol. The van der Waals surface area contributed by atoms with Gasteiger partial charge >= 0.3 is 0 Å². The lowest BCUT2D eigenvalue weighted by Gasteiger charge is -2.18. The number of fused-ring (bicyclic) bond motifs is 1. The Balaban J connectivity index is 1.64. The lowest BCUT2D eigenvalue weighted by atomic mass is 10.2. The van der Waals surface area contributed by atoms with Crippen molar-refractivity contribution in [1.82, 2.24) is 4.98 Å². The Morgan fingerprint density at radius 2 is 2.04 bits per heavy atom. The minimum absolute atomic E-state index is 0.0239. The maximum absolute atomic E-state index is 12.8. The number of nitrogens with one attached hydrogen (secondary N) is 1. The number of amides is 1. The molecule has 7 heteroatoms. The van der Waals surface area contributed by atoms with E-state index in [1.807, 2.05) is 31.2 Å². The lowest BCUT2D eigenvalue weighted by Crippen LogP contribution is -2.29. The van der Waals surface area contributed by atoms with E-state index in [2.05, 4.69) is 10.3 Å². The van der Waals surface area contributed by atoms with Gasteiger partial charge in [0, 0.05) is 30.7 Å². The Morgan fingerprint density at radius 3 is 2.73 bits per heavy atom. The van der Waals surface area contributed by atoms with Gasteiger partial charge in [0.1, 0.15) is 15.7 Å². The Morgan fingerprint density at radius 1 is 1.27 bits per heavy atom. The summed E-state index contributed by atoms with van der Waals surface area (Å²) >= 11 is 0. The van der Waals surface area contributed by atoms with Crippen molar-refractivity contribution in [1.29, 1.82) is 0 Å². The van der Waals surface area contributed by atoms with Gasteiger partial charge in [-0.25, -0.2) is 13.4 Å². The third-order valence-corrected chi connectivity index (χ3v) is 5.44. The third-order valence-electron chi connectivity index (χ3n) is 4.46. The number of hydrogen-bond acceptors (Lipinski definition) is 5. The lowest BCUT2D eigenvalue weighted by molar-refractivity contribution is 0.0989. The van der Waals surface area contributed by atoms with Crippen molar-refractivity contribution in [3.8, 4) is 0 Å². The molecule has 0 saturated carbocycles. The molecule has 1 amide bonds. The second kappa shape index (κ2) is 7.45. The van der Waals surface area contributed by atoms with Gasteiger partial charge in [-0.3, -0.25) is 4.79 Å². The summed E-state index contributed by atoms with van der Waals surface area (Å²) in [5, 5.41) is 3.17. The van der Waals surface area contributed by atoms with Gasteiger partial charge in [0.2, 0.25) is 0 Å². The highest BCUT2D eigenvalue weighted by molar-refractivity contribution is 7.90. The summed E-state index contributed by atoms with van der Waals surface area (Å²) in [7, 11) is -2.97. The number of nitrogens with zero attached hydrogens (tertiary/aromatic N) is 2. The van der Waals surface area contributed by atoms with E-state index in [-0.39, 0.29) is 17.7 Å². The second-order valence-electron chi connectivity index (χ2n) is 6.73. The zero-order chi connectivity index (χ0) is 18.7. The van der Waals surface area contributed by atoms with Crippen molar-refractivity contribution in [3.05, 3.63) is 53.7 Å². The van der Waals surface area contributed by atoms with Crippen LogP contribution in [0.3, 0.4) is 0 Å². The molecule has 26 heavy (non-hydrogen) atoms. The number of sulfone groups is 1. The summed E-state index contributed by atoms with van der Waals surface area (Å²) < 4.78 is 22.5. The Bertz CT molecular complexity index is 895. The second-order valence-corrected chi connectivity index (χ2v) is 8.99. The molecule has 1 atom stereocenters. The van der Waals surface area contributed by atoms with Gasteiger partial charge in [0.05, 0.1) is 11.3 Å². The van der Waals surface area contributed by atoms with Crippen LogP contribution in [0, 0.1) is 0 Å². The molecule has 1 aromatic carbocycles. The van der Waals surface area contributed by atoms with Crippen molar-refractivity contribution in [2.75, 3.05) is 28.8 Å². The van der Waals surface area contributed by atoms with Crippen molar-refractivity contribution in [3.63, 3.8) is 0 Å². The van der Waals surface area contributed by atoms with E-state index in [0.29, 0.717) is 24.3 Å². The molecule has 2 heterocycles. The molecule has 0 spiro atoms. The number of aromatic nitrogens is 1. The van der Waals surface area contributed by atoms with Crippen LogP contribution >= 0.6 is 0 Å². The summed E-state index contributed by atoms with van der Waals surface area (Å²) in [4.78, 5) is 18.8.